The second-order valence-corrected chi connectivity index (χ2v) is 4.64. The van der Waals surface area contributed by atoms with Crippen LogP contribution in [0.25, 0.3) is 0 Å². The number of carboxylic acids is 1. The van der Waals surface area contributed by atoms with E-state index >= 15 is 0 Å². The van der Waals surface area contributed by atoms with Crippen LogP contribution in [0.4, 0.5) is 0 Å². The Hall–Kier alpha value is 4.69. The Balaban J connectivity index is -0.0000000980. The van der Waals surface area contributed by atoms with Crippen molar-refractivity contribution in [3.05, 3.63) is 0 Å². The van der Waals surface area contributed by atoms with Gasteiger partial charge in [0.05, 0.1) is 6.61 Å². The van der Waals surface area contributed by atoms with Gasteiger partial charge in [0.2, 0.25) is 0 Å². The predicted molar refractivity (Wildman–Crippen MR) is 71.3 cm³/mol. The van der Waals surface area contributed by atoms with E-state index in [-0.39, 0.29) is 148 Å². The van der Waals surface area contributed by atoms with E-state index in [2.05, 4.69) is 9.05 Å². The van der Waals surface area contributed by atoms with Gasteiger partial charge in [0.25, 0.3) is 0 Å². The molecule has 0 spiro atoms. The molecular weight excluding hydrogens is 373 g/mol. The van der Waals surface area contributed by atoms with Crippen LogP contribution in [0.5, 0.6) is 0 Å². The van der Waals surface area contributed by atoms with E-state index in [0.717, 1.165) is 0 Å². The summed E-state index contributed by atoms with van der Waals surface area (Å²) in [5.74, 6) is -1.83. The van der Waals surface area contributed by atoms with Crippen LogP contribution in [0.1, 0.15) is 0 Å². The zero-order valence-electron chi connectivity index (χ0n) is 12.0. The van der Waals surface area contributed by atoms with Crippen LogP contribution in [0.3, 0.4) is 0 Å². The van der Waals surface area contributed by atoms with Crippen molar-refractivity contribution < 1.29 is 47.7 Å². The Morgan fingerprint density at radius 1 is 0.900 bits per heavy atom. The summed E-state index contributed by atoms with van der Waals surface area (Å²) in [5, 5.41) is 8.33. The van der Waals surface area contributed by atoms with E-state index < -0.39 is 34.3 Å². The number of phosphoric acid groups is 2. The third kappa shape index (κ3) is 27.5. The van der Waals surface area contributed by atoms with E-state index in [1.165, 1.54) is 0 Å². The minimum atomic E-state index is -5.07. The van der Waals surface area contributed by atoms with Crippen LogP contribution in [0, 0.1) is 0 Å². The predicted octanol–water partition coefficient (Wildman–Crippen LogP) is -3.25. The van der Waals surface area contributed by atoms with Gasteiger partial charge >= 0.3 is 21.6 Å². The SMILES string of the molecule is O=C(O)C(COP(=O)(O)O)OP(=O)(O)O.[Na].[Na].[Na].[Na].[Na]. The molecule has 0 fully saturated rings. The first-order valence-electron chi connectivity index (χ1n) is 3.18. The quantitative estimate of drug-likeness (QED) is 0.233. The maximum Gasteiger partial charge on any atom is 0.470 e. The van der Waals surface area contributed by atoms with Crippen LogP contribution in [0.15, 0.2) is 0 Å². The van der Waals surface area contributed by atoms with Gasteiger partial charge in [-0.3, -0.25) is 9.05 Å². The molecule has 0 saturated carbocycles. The zero-order chi connectivity index (χ0) is 12.3. The van der Waals surface area contributed by atoms with Crippen molar-refractivity contribution in [1.82, 2.24) is 0 Å². The molecule has 0 rings (SSSR count). The summed E-state index contributed by atoms with van der Waals surface area (Å²) >= 11 is 0. The van der Waals surface area contributed by atoms with Crippen molar-refractivity contribution in [1.29, 1.82) is 0 Å². The Morgan fingerprint density at radius 3 is 1.45 bits per heavy atom. The first-order chi connectivity index (χ1) is 6.51. The summed E-state index contributed by atoms with van der Waals surface area (Å²) in [5.41, 5.74) is 0. The Kier molecular flexibility index (Phi) is 36.7. The molecule has 0 saturated heterocycles. The topological polar surface area (TPSA) is 171 Å². The minimum absolute atomic E-state index is 0. The van der Waals surface area contributed by atoms with Crippen molar-refractivity contribution in [2.24, 2.45) is 0 Å². The molecule has 0 aliphatic heterocycles. The number of hydrogen-bond donors (Lipinski definition) is 5. The molecule has 10 nitrogen and oxygen atoms in total. The van der Waals surface area contributed by atoms with Gasteiger partial charge in [-0.25, -0.2) is 13.9 Å². The third-order valence-corrected chi connectivity index (χ3v) is 1.95. The summed E-state index contributed by atoms with van der Waals surface area (Å²) in [6.45, 7) is -1.19. The minimum Gasteiger partial charge on any atom is -0.479 e. The smallest absolute Gasteiger partial charge is 0.470 e. The number of carboxylic acid groups (broad SMARTS) is 1. The molecular formula is C3H8Na5O10P2. The van der Waals surface area contributed by atoms with Gasteiger partial charge in [-0.2, -0.15) is 0 Å². The monoisotopic (exact) mass is 381 g/mol. The second kappa shape index (κ2) is 18.5. The van der Waals surface area contributed by atoms with E-state index in [0.29, 0.717) is 0 Å². The normalized spacial score (nSPS) is 11.2. The molecule has 95 valence electrons. The van der Waals surface area contributed by atoms with Gasteiger partial charge in [0.15, 0.2) is 6.10 Å². The Morgan fingerprint density at radius 2 is 1.25 bits per heavy atom. The van der Waals surface area contributed by atoms with Crippen LogP contribution in [-0.2, 0) is 23.0 Å². The van der Waals surface area contributed by atoms with Crippen molar-refractivity contribution in [2.45, 2.75) is 6.10 Å². The fourth-order valence-electron chi connectivity index (χ4n) is 0.477. The fourth-order valence-corrected chi connectivity index (χ4v) is 1.29. The van der Waals surface area contributed by atoms with Crippen molar-refractivity contribution in [3.8, 4) is 0 Å². The average molecular weight is 381 g/mol. The van der Waals surface area contributed by atoms with E-state index in [4.69, 9.17) is 24.7 Å². The number of hydrogen-bond acceptors (Lipinski definition) is 5. The van der Waals surface area contributed by atoms with Crippen molar-refractivity contribution >= 4 is 169 Å². The van der Waals surface area contributed by atoms with Gasteiger partial charge in [0, 0.05) is 148 Å². The van der Waals surface area contributed by atoms with Crippen LogP contribution in [0.2, 0.25) is 0 Å². The van der Waals surface area contributed by atoms with Gasteiger partial charge in [-0.1, -0.05) is 0 Å². The molecule has 0 aromatic carbocycles. The molecule has 1 atom stereocenters. The number of phosphoric ester groups is 2. The van der Waals surface area contributed by atoms with Crippen LogP contribution < -0.4 is 0 Å². The molecule has 0 aliphatic rings. The molecule has 5 N–H and O–H groups in total. The Labute approximate surface area is 225 Å². The number of aliphatic carboxylic acids is 1. The number of rotatable bonds is 6. The standard InChI is InChI=1S/C3H8O10P2.5Na/c4-3(5)2(13-15(9,10)11)1-12-14(6,7)8;;;;;/h2H,1H2,(H,4,5)(H2,6,7,8)(H2,9,10,11);;;;;. The maximum atomic E-state index is 10.3. The molecule has 0 heterocycles. The largest absolute Gasteiger partial charge is 0.479 e. The summed E-state index contributed by atoms with van der Waals surface area (Å²) in [6.07, 6.45) is -2.17. The molecule has 0 aliphatic carbocycles. The molecule has 0 amide bonds. The second-order valence-electron chi connectivity index (χ2n) is 2.21. The summed E-state index contributed by atoms with van der Waals surface area (Å²) in [7, 11) is -9.99. The van der Waals surface area contributed by atoms with Gasteiger partial charge < -0.3 is 24.7 Å². The van der Waals surface area contributed by atoms with Gasteiger partial charge in [-0.15, -0.1) is 0 Å². The summed E-state index contributed by atoms with van der Waals surface area (Å²) in [4.78, 5) is 43.2. The van der Waals surface area contributed by atoms with E-state index in [1.807, 2.05) is 0 Å². The Bertz CT molecular complexity index is 327. The third-order valence-electron chi connectivity index (χ3n) is 0.934. The molecule has 17 heteroatoms. The van der Waals surface area contributed by atoms with Crippen molar-refractivity contribution in [2.75, 3.05) is 6.61 Å². The maximum absolute atomic E-state index is 10.3. The van der Waals surface area contributed by atoms with Gasteiger partial charge in [-0.05, 0) is 0 Å². The van der Waals surface area contributed by atoms with Crippen LogP contribution >= 0.6 is 15.6 Å². The fraction of sp³-hybridized carbons (Fsp3) is 0.667. The molecule has 5 radical (unpaired) electrons. The molecule has 0 aromatic heterocycles. The van der Waals surface area contributed by atoms with Crippen molar-refractivity contribution in [3.63, 3.8) is 0 Å². The van der Waals surface area contributed by atoms with E-state index in [9.17, 15) is 13.9 Å². The molecule has 0 bridgehead atoms. The zero-order valence-corrected chi connectivity index (χ0v) is 23.7. The first-order valence-corrected chi connectivity index (χ1v) is 6.24. The summed E-state index contributed by atoms with van der Waals surface area (Å²) in [6, 6.07) is 0. The van der Waals surface area contributed by atoms with E-state index in [1.54, 1.807) is 0 Å². The molecule has 1 unspecified atom stereocenters. The molecule has 20 heavy (non-hydrogen) atoms. The first kappa shape index (κ1) is 39.7. The molecule has 0 aromatic rings. The number of carbonyl (C=O) groups is 1. The van der Waals surface area contributed by atoms with Crippen LogP contribution in [-0.4, -0.2) is 191 Å². The van der Waals surface area contributed by atoms with Gasteiger partial charge in [0.1, 0.15) is 0 Å². The average Bonchev–Trinajstić information content (AvgIpc) is 1.93. The summed E-state index contributed by atoms with van der Waals surface area (Å²) < 4.78 is 27.8.